The Hall–Kier alpha value is -4.80. The number of rotatable bonds is 5. The second kappa shape index (κ2) is 16.1. The number of fused-ring (bicyclic) bond motifs is 7. The molecule has 3 aromatic carbocycles. The third-order valence-electron chi connectivity index (χ3n) is 17.8. The molecule has 67 heavy (non-hydrogen) atoms. The molecule has 14 heteroatoms. The van der Waals surface area contributed by atoms with Gasteiger partial charge in [-0.25, -0.2) is 4.39 Å². The molecule has 5 heterocycles. The molecule has 0 aromatic heterocycles. The van der Waals surface area contributed by atoms with E-state index in [9.17, 15) is 19.2 Å². The Bertz CT molecular complexity index is 2670. The minimum Gasteiger partial charge on any atom is -0.349 e. The highest BCUT2D eigenvalue weighted by Crippen LogP contribution is 2.64. The molecule has 1 unspecified atom stereocenters. The average molecular weight is 948 g/mol. The van der Waals surface area contributed by atoms with Crippen molar-refractivity contribution in [1.29, 1.82) is 0 Å². The smallest absolute Gasteiger partial charge is 0.255 e. The van der Waals surface area contributed by atoms with Crippen molar-refractivity contribution in [2.45, 2.75) is 150 Å². The molecular weight excluding hydrogens is 891 g/mol. The second-order valence-corrected chi connectivity index (χ2v) is 22.5. The van der Waals surface area contributed by atoms with Crippen LogP contribution in [-0.2, 0) is 31.1 Å². The molecule has 3 aromatic rings. The van der Waals surface area contributed by atoms with Crippen molar-refractivity contribution < 1.29 is 28.4 Å². The summed E-state index contributed by atoms with van der Waals surface area (Å²) in [6.45, 7) is 6.65. The number of piperidine rings is 2. The molecule has 3 saturated heterocycles. The van der Waals surface area contributed by atoms with Crippen LogP contribution in [0, 0.1) is 29.0 Å². The Morgan fingerprint density at radius 1 is 0.851 bits per heavy atom. The molecule has 7 fully saturated rings. The summed E-state index contributed by atoms with van der Waals surface area (Å²) >= 11 is 13.0. The summed E-state index contributed by atoms with van der Waals surface area (Å²) in [6, 6.07) is 14.4. The molecule has 2 spiro atoms. The first-order valence-corrected chi connectivity index (χ1v) is 25.0. The third-order valence-corrected chi connectivity index (χ3v) is 18.3. The minimum absolute atomic E-state index is 0.0394. The lowest BCUT2D eigenvalue weighted by Crippen LogP contribution is -2.66. The summed E-state index contributed by atoms with van der Waals surface area (Å²) in [4.78, 5) is 72.2. The van der Waals surface area contributed by atoms with Crippen LogP contribution >= 0.6 is 23.2 Å². The standard InChI is InChI=1S/C53H57Cl2FN6O5/c1-49(2)17-25-52(26-18-49)53(37-12-11-33(54)29-39(37)57-48(53)67)42(35-7-4-8-38(55)43(35)56)44(59-52)46(65)60-50-19-22-51(23-20-50,24-21-50)61-27-15-31(16-28-61)9-10-32-5-3-6-34-36(32)30-62(47(34)66)40-13-14-41(63)58-45(40)64/h3-8,11-12,29,31,40,42,44,59H,13-28,30H2,1-2H3,(H,57,67)(H,60,65)(H,58,63,64)/t40?,42-,44+,50?,51?,53+/m0/s1. The monoisotopic (exact) mass is 946 g/mol. The summed E-state index contributed by atoms with van der Waals surface area (Å²) in [7, 11) is 0. The first-order chi connectivity index (χ1) is 32.1. The van der Waals surface area contributed by atoms with Gasteiger partial charge in [-0.2, -0.15) is 0 Å². The number of nitrogens with zero attached hydrogens (tertiary/aromatic N) is 2. The van der Waals surface area contributed by atoms with E-state index in [1.54, 1.807) is 35.2 Å². The SMILES string of the molecule is CC1(C)CCC2(CC1)N[C@@H](C(=O)NC13CCC(N4CCC(C#Cc5cccc6c5CN(C5CCC(=O)NC5=O)C6=O)CC4)(CC1)CC3)[C@H](c1cccc(Cl)c1F)[C@]21C(=O)Nc2cc(Cl)ccc21. The second-order valence-electron chi connectivity index (χ2n) is 21.7. The normalized spacial score (nSPS) is 31.9. The van der Waals surface area contributed by atoms with Gasteiger partial charge in [-0.15, -0.1) is 0 Å². The number of anilines is 1. The van der Waals surface area contributed by atoms with Crippen LogP contribution in [0.1, 0.15) is 142 Å². The van der Waals surface area contributed by atoms with E-state index >= 15 is 9.18 Å². The molecule has 9 aliphatic rings. The van der Waals surface area contributed by atoms with E-state index in [-0.39, 0.29) is 57.5 Å². The molecule has 0 radical (unpaired) electrons. The van der Waals surface area contributed by atoms with Gasteiger partial charge in [-0.3, -0.25) is 39.5 Å². The van der Waals surface area contributed by atoms with Gasteiger partial charge >= 0.3 is 0 Å². The highest BCUT2D eigenvalue weighted by Gasteiger charge is 2.73. The largest absolute Gasteiger partial charge is 0.349 e. The van der Waals surface area contributed by atoms with Crippen molar-refractivity contribution in [2.24, 2.45) is 11.3 Å². The van der Waals surface area contributed by atoms with Crippen LogP contribution < -0.4 is 21.3 Å². The van der Waals surface area contributed by atoms with Gasteiger partial charge in [0.2, 0.25) is 23.6 Å². The van der Waals surface area contributed by atoms with Crippen LogP contribution in [0.25, 0.3) is 0 Å². The molecule has 2 bridgehead atoms. The Labute approximate surface area is 401 Å². The number of imide groups is 1. The zero-order valence-corrected chi connectivity index (χ0v) is 39.6. The summed E-state index contributed by atoms with van der Waals surface area (Å²) in [5.74, 6) is 4.29. The predicted molar refractivity (Wildman–Crippen MR) is 253 cm³/mol. The molecule has 12 rings (SSSR count). The Kier molecular flexibility index (Phi) is 10.8. The van der Waals surface area contributed by atoms with E-state index in [1.165, 1.54) is 6.07 Å². The lowest BCUT2D eigenvalue weighted by atomic mass is 9.53. The fourth-order valence-corrected chi connectivity index (χ4v) is 14.3. The van der Waals surface area contributed by atoms with Gasteiger partial charge < -0.3 is 15.5 Å². The topological polar surface area (TPSA) is 140 Å². The number of carbonyl (C=O) groups excluding carboxylic acids is 5. The van der Waals surface area contributed by atoms with Gasteiger partial charge in [0.25, 0.3) is 5.91 Å². The highest BCUT2D eigenvalue weighted by molar-refractivity contribution is 6.31. The van der Waals surface area contributed by atoms with Gasteiger partial charge in [0.1, 0.15) is 17.3 Å². The molecule has 5 amide bonds. The maximum atomic E-state index is 16.6. The van der Waals surface area contributed by atoms with E-state index in [0.29, 0.717) is 42.1 Å². The zero-order valence-electron chi connectivity index (χ0n) is 38.1. The van der Waals surface area contributed by atoms with Crippen molar-refractivity contribution in [1.82, 2.24) is 25.8 Å². The molecular formula is C53H57Cl2FN6O5. The van der Waals surface area contributed by atoms with Crippen LogP contribution in [0.2, 0.25) is 10.0 Å². The van der Waals surface area contributed by atoms with Crippen LogP contribution in [-0.4, -0.2) is 81.1 Å². The van der Waals surface area contributed by atoms with E-state index in [0.717, 1.165) is 94.0 Å². The Morgan fingerprint density at radius 3 is 2.28 bits per heavy atom. The molecule has 350 valence electrons. The average Bonchev–Trinajstić information content (AvgIpc) is 3.92. The van der Waals surface area contributed by atoms with E-state index in [4.69, 9.17) is 23.2 Å². The fraction of sp³-hybridized carbons (Fsp3) is 0.528. The number of hydrogen-bond donors (Lipinski definition) is 4. The van der Waals surface area contributed by atoms with Crippen molar-refractivity contribution in [3.05, 3.63) is 98.3 Å². The van der Waals surface area contributed by atoms with E-state index < -0.39 is 46.2 Å². The number of hydrogen-bond acceptors (Lipinski definition) is 7. The third kappa shape index (κ3) is 7.07. The first-order valence-electron chi connectivity index (χ1n) is 24.3. The predicted octanol–water partition coefficient (Wildman–Crippen LogP) is 7.90. The van der Waals surface area contributed by atoms with Gasteiger partial charge in [0.15, 0.2) is 0 Å². The van der Waals surface area contributed by atoms with Crippen molar-refractivity contribution in [3.8, 4) is 11.8 Å². The Balaban J connectivity index is 0.795. The quantitative estimate of drug-likeness (QED) is 0.151. The molecule has 5 aliphatic heterocycles. The minimum atomic E-state index is -1.31. The molecule has 11 nitrogen and oxygen atoms in total. The number of benzene rings is 3. The van der Waals surface area contributed by atoms with Crippen molar-refractivity contribution in [3.63, 3.8) is 0 Å². The van der Waals surface area contributed by atoms with E-state index in [2.05, 4.69) is 51.9 Å². The summed E-state index contributed by atoms with van der Waals surface area (Å²) in [5.41, 5.74) is 1.35. The zero-order chi connectivity index (χ0) is 46.7. The van der Waals surface area contributed by atoms with Gasteiger partial charge in [-0.1, -0.05) is 73.2 Å². The maximum absolute atomic E-state index is 16.6. The summed E-state index contributed by atoms with van der Waals surface area (Å²) < 4.78 is 16.6. The number of nitrogens with one attached hydrogen (secondary N) is 4. The highest BCUT2D eigenvalue weighted by atomic mass is 35.5. The van der Waals surface area contributed by atoms with Crippen molar-refractivity contribution >= 4 is 58.4 Å². The van der Waals surface area contributed by atoms with Crippen LogP contribution in [0.5, 0.6) is 0 Å². The number of amides is 5. The fourth-order valence-electron chi connectivity index (χ4n) is 14.0. The maximum Gasteiger partial charge on any atom is 0.255 e. The molecule has 4 atom stereocenters. The van der Waals surface area contributed by atoms with Gasteiger partial charge in [-0.05, 0) is 149 Å². The summed E-state index contributed by atoms with van der Waals surface area (Å²) in [5, 5.41) is 13.4. The van der Waals surface area contributed by atoms with Gasteiger partial charge in [0.05, 0.1) is 11.1 Å². The molecule has 4 saturated carbocycles. The van der Waals surface area contributed by atoms with E-state index in [1.807, 2.05) is 18.2 Å². The first kappa shape index (κ1) is 44.7. The van der Waals surface area contributed by atoms with Crippen LogP contribution in [0.4, 0.5) is 10.1 Å². The number of likely N-dealkylation sites (tertiary alicyclic amines) is 1. The summed E-state index contributed by atoms with van der Waals surface area (Å²) in [6.07, 6.45) is 10.7. The van der Waals surface area contributed by atoms with Gasteiger partial charge in [0, 0.05) is 63.3 Å². The number of carbonyl (C=O) groups is 5. The number of halogens is 3. The van der Waals surface area contributed by atoms with Crippen molar-refractivity contribution in [2.75, 3.05) is 18.4 Å². The molecule has 4 aliphatic carbocycles. The lowest BCUT2D eigenvalue weighted by molar-refractivity contribution is -0.137. The molecule has 4 N–H and O–H groups in total. The van der Waals surface area contributed by atoms with Crippen LogP contribution in [0.15, 0.2) is 54.6 Å². The lowest BCUT2D eigenvalue weighted by Gasteiger charge is -2.59. The Morgan fingerprint density at radius 2 is 1.57 bits per heavy atom. The van der Waals surface area contributed by atoms with Crippen LogP contribution in [0.3, 0.4) is 0 Å².